The van der Waals surface area contributed by atoms with E-state index in [0.717, 1.165) is 36.6 Å². The smallest absolute Gasteiger partial charge is 0.360 e. The fourth-order valence-corrected chi connectivity index (χ4v) is 5.31. The number of rotatable bonds is 11. The summed E-state index contributed by atoms with van der Waals surface area (Å²) in [5, 5.41) is 0. The lowest BCUT2D eigenvalue weighted by atomic mass is 9.87. The van der Waals surface area contributed by atoms with E-state index in [0.29, 0.717) is 24.7 Å². The number of fused-ring (bicyclic) bond motifs is 1. The highest BCUT2D eigenvalue weighted by molar-refractivity contribution is 5.90. The molecule has 226 valence electrons. The number of hydrogen-bond acceptors (Lipinski definition) is 8. The second-order valence-corrected chi connectivity index (χ2v) is 10.2. The molecule has 1 aliphatic rings. The molecule has 0 amide bonds. The molecule has 0 N–H and O–H groups in total. The van der Waals surface area contributed by atoms with Gasteiger partial charge < -0.3 is 23.7 Å². The fraction of sp³-hybridized carbons (Fsp3) is 0.278. The van der Waals surface area contributed by atoms with Crippen molar-refractivity contribution < 1.29 is 28.5 Å². The number of benzene rings is 3. The monoisotopic (exact) mass is 592 g/mol. The third kappa shape index (κ3) is 7.38. The standard InChI is InChI=1S/C36H36N2O6/c1-40-32-23-28-18-19-38(35(27-13-8-5-9-14-27)30(28)24-33(32)41-2)20-22-43-21-10-15-29-16-17-31(34(37-29)36(39)42-3)44-25-26-11-6-4-7-12-26/h4-9,11-14,16-17,23-24,35H,18-22,25H2,1-3H3. The molecule has 1 unspecified atom stereocenters. The Hall–Kier alpha value is -4.84. The van der Waals surface area contributed by atoms with E-state index in [9.17, 15) is 4.79 Å². The fourth-order valence-electron chi connectivity index (χ4n) is 5.31. The summed E-state index contributed by atoms with van der Waals surface area (Å²) in [6, 6.07) is 27.8. The first-order valence-corrected chi connectivity index (χ1v) is 14.5. The molecule has 8 nitrogen and oxygen atoms in total. The molecule has 1 aromatic heterocycles. The molecule has 1 atom stereocenters. The van der Waals surface area contributed by atoms with E-state index in [4.69, 9.17) is 23.7 Å². The van der Waals surface area contributed by atoms with Crippen molar-refractivity contribution in [2.45, 2.75) is 19.1 Å². The van der Waals surface area contributed by atoms with Crippen molar-refractivity contribution in [2.24, 2.45) is 0 Å². The summed E-state index contributed by atoms with van der Waals surface area (Å²) in [5.41, 5.74) is 5.18. The first kappa shape index (κ1) is 30.6. The summed E-state index contributed by atoms with van der Waals surface area (Å²) in [4.78, 5) is 19.2. The first-order chi connectivity index (χ1) is 21.6. The number of aromatic nitrogens is 1. The van der Waals surface area contributed by atoms with Gasteiger partial charge in [-0.25, -0.2) is 9.78 Å². The molecule has 1 aliphatic heterocycles. The molecule has 0 aliphatic carbocycles. The van der Waals surface area contributed by atoms with Gasteiger partial charge in [-0.15, -0.1) is 0 Å². The Balaban J connectivity index is 1.22. The number of carbonyl (C=O) groups is 1. The lowest BCUT2D eigenvalue weighted by Gasteiger charge is -2.38. The third-order valence-electron chi connectivity index (χ3n) is 7.48. The first-order valence-electron chi connectivity index (χ1n) is 14.5. The van der Waals surface area contributed by atoms with Crippen molar-refractivity contribution in [2.75, 3.05) is 47.6 Å². The van der Waals surface area contributed by atoms with Crippen molar-refractivity contribution in [3.63, 3.8) is 0 Å². The third-order valence-corrected chi connectivity index (χ3v) is 7.48. The number of nitrogens with zero attached hydrogens (tertiary/aromatic N) is 2. The van der Waals surface area contributed by atoms with Gasteiger partial charge >= 0.3 is 5.97 Å². The van der Waals surface area contributed by atoms with Crippen molar-refractivity contribution in [3.8, 4) is 29.1 Å². The highest BCUT2D eigenvalue weighted by Crippen LogP contribution is 2.40. The second-order valence-electron chi connectivity index (χ2n) is 10.2. The molecular weight excluding hydrogens is 556 g/mol. The van der Waals surface area contributed by atoms with Gasteiger partial charge in [-0.1, -0.05) is 66.6 Å². The minimum absolute atomic E-state index is 0.0676. The molecule has 0 saturated carbocycles. The van der Waals surface area contributed by atoms with Crippen LogP contribution in [0.15, 0.2) is 84.9 Å². The lowest BCUT2D eigenvalue weighted by Crippen LogP contribution is -2.38. The number of methoxy groups -OCH3 is 3. The summed E-state index contributed by atoms with van der Waals surface area (Å²) in [5.74, 6) is 7.22. The zero-order valence-corrected chi connectivity index (χ0v) is 25.2. The van der Waals surface area contributed by atoms with Crippen molar-refractivity contribution >= 4 is 5.97 Å². The maximum atomic E-state index is 12.4. The molecule has 4 aromatic rings. The van der Waals surface area contributed by atoms with Crippen LogP contribution in [-0.4, -0.2) is 63.5 Å². The Morgan fingerprint density at radius 2 is 1.64 bits per heavy atom. The molecule has 0 radical (unpaired) electrons. The molecule has 3 aromatic carbocycles. The molecule has 2 heterocycles. The minimum atomic E-state index is -0.583. The van der Waals surface area contributed by atoms with E-state index in [1.807, 2.05) is 36.4 Å². The summed E-state index contributed by atoms with van der Waals surface area (Å²) in [6.45, 7) is 2.66. The van der Waals surface area contributed by atoms with Gasteiger partial charge in [-0.3, -0.25) is 4.90 Å². The van der Waals surface area contributed by atoms with Crippen molar-refractivity contribution in [3.05, 3.63) is 119 Å². The molecule has 5 rings (SSSR count). The number of esters is 1. The maximum absolute atomic E-state index is 12.4. The predicted molar refractivity (Wildman–Crippen MR) is 167 cm³/mol. The number of ether oxygens (including phenoxy) is 5. The highest BCUT2D eigenvalue weighted by atomic mass is 16.5. The van der Waals surface area contributed by atoms with Crippen LogP contribution in [0.1, 0.15) is 44.5 Å². The average Bonchev–Trinajstić information content (AvgIpc) is 3.08. The zero-order valence-electron chi connectivity index (χ0n) is 25.2. The number of carbonyl (C=O) groups excluding carboxylic acids is 1. The summed E-state index contributed by atoms with van der Waals surface area (Å²) in [7, 11) is 4.64. The van der Waals surface area contributed by atoms with Crippen LogP contribution in [0.5, 0.6) is 17.2 Å². The topological polar surface area (TPSA) is 79.4 Å². The van der Waals surface area contributed by atoms with Crippen LogP contribution in [0.4, 0.5) is 0 Å². The molecular formula is C36H36N2O6. The Morgan fingerprint density at radius 3 is 2.36 bits per heavy atom. The Bertz CT molecular complexity index is 1610. The van der Waals surface area contributed by atoms with Crippen LogP contribution in [0, 0.1) is 11.8 Å². The van der Waals surface area contributed by atoms with Crippen LogP contribution >= 0.6 is 0 Å². The summed E-state index contributed by atoms with van der Waals surface area (Å²) in [6.07, 6.45) is 0.901. The van der Waals surface area contributed by atoms with Crippen LogP contribution in [0.25, 0.3) is 0 Å². The van der Waals surface area contributed by atoms with Crippen LogP contribution in [0.2, 0.25) is 0 Å². The van der Waals surface area contributed by atoms with E-state index in [-0.39, 0.29) is 18.3 Å². The highest BCUT2D eigenvalue weighted by Gasteiger charge is 2.30. The molecule has 0 fully saturated rings. The largest absolute Gasteiger partial charge is 0.493 e. The van der Waals surface area contributed by atoms with Gasteiger partial charge in [0.15, 0.2) is 22.9 Å². The normalized spacial score (nSPS) is 14.1. The summed E-state index contributed by atoms with van der Waals surface area (Å²) < 4.78 is 27.9. The van der Waals surface area contributed by atoms with Gasteiger partial charge in [-0.2, -0.15) is 0 Å². The van der Waals surface area contributed by atoms with Gasteiger partial charge in [0.25, 0.3) is 0 Å². The molecule has 0 spiro atoms. The Morgan fingerprint density at radius 1 is 0.909 bits per heavy atom. The predicted octanol–water partition coefficient (Wildman–Crippen LogP) is 5.48. The van der Waals surface area contributed by atoms with Gasteiger partial charge in [0.2, 0.25) is 0 Å². The Kier molecular flexibility index (Phi) is 10.5. The number of hydrogen-bond donors (Lipinski definition) is 0. The molecule has 0 bridgehead atoms. The SMILES string of the molecule is COC(=O)c1nc(C#CCOCCN2CCc3cc(OC)c(OC)cc3C2c2ccccc2)ccc1OCc1ccccc1. The van der Waals surface area contributed by atoms with Crippen LogP contribution in [0.3, 0.4) is 0 Å². The second kappa shape index (κ2) is 15.1. The van der Waals surface area contributed by atoms with E-state index in [1.54, 1.807) is 26.4 Å². The average molecular weight is 593 g/mol. The zero-order chi connectivity index (χ0) is 30.7. The van der Waals surface area contributed by atoms with Gasteiger partial charge in [0, 0.05) is 13.1 Å². The van der Waals surface area contributed by atoms with Crippen molar-refractivity contribution in [1.82, 2.24) is 9.88 Å². The Labute approximate surface area is 258 Å². The molecule has 0 saturated heterocycles. The van der Waals surface area contributed by atoms with Gasteiger partial charge in [0.1, 0.15) is 18.9 Å². The lowest BCUT2D eigenvalue weighted by molar-refractivity contribution is 0.0588. The minimum Gasteiger partial charge on any atom is -0.493 e. The van der Waals surface area contributed by atoms with Gasteiger partial charge in [-0.05, 0) is 58.9 Å². The van der Waals surface area contributed by atoms with Gasteiger partial charge in [0.05, 0.1) is 34.0 Å². The number of pyridine rings is 1. The van der Waals surface area contributed by atoms with Crippen LogP contribution < -0.4 is 14.2 Å². The van der Waals surface area contributed by atoms with E-state index >= 15 is 0 Å². The molecule has 8 heteroatoms. The van der Waals surface area contributed by atoms with Crippen LogP contribution in [-0.2, 0) is 22.5 Å². The summed E-state index contributed by atoms with van der Waals surface area (Å²) >= 11 is 0. The quantitative estimate of drug-likeness (QED) is 0.129. The van der Waals surface area contributed by atoms with Crippen molar-refractivity contribution in [1.29, 1.82) is 0 Å². The van der Waals surface area contributed by atoms with E-state index < -0.39 is 5.97 Å². The van der Waals surface area contributed by atoms with E-state index in [2.05, 4.69) is 58.1 Å². The molecule has 44 heavy (non-hydrogen) atoms. The maximum Gasteiger partial charge on any atom is 0.360 e. The van der Waals surface area contributed by atoms with E-state index in [1.165, 1.54) is 23.8 Å².